The smallest absolute Gasteiger partial charge is 0.127 e. The van der Waals surface area contributed by atoms with Gasteiger partial charge in [0.25, 0.3) is 0 Å². The Morgan fingerprint density at radius 1 is 1.24 bits per heavy atom. The van der Waals surface area contributed by atoms with Gasteiger partial charge in [-0.1, -0.05) is 31.9 Å². The molecule has 0 radical (unpaired) electrons. The normalized spacial score (nSPS) is 25.0. The van der Waals surface area contributed by atoms with E-state index < -0.39 is 0 Å². The lowest BCUT2D eigenvalue weighted by Gasteiger charge is -2.22. The highest BCUT2D eigenvalue weighted by atomic mass is 35.5. The summed E-state index contributed by atoms with van der Waals surface area (Å²) in [5, 5.41) is -0.0440. The molecule has 1 fully saturated rings. The fourth-order valence-electron chi connectivity index (χ4n) is 3.71. The van der Waals surface area contributed by atoms with Gasteiger partial charge < -0.3 is 4.57 Å². The number of hydrogen-bond donors (Lipinski definition) is 0. The summed E-state index contributed by atoms with van der Waals surface area (Å²) in [5.41, 5.74) is 3.69. The van der Waals surface area contributed by atoms with Crippen molar-refractivity contribution in [2.45, 2.75) is 64.3 Å². The Morgan fingerprint density at radius 2 is 2.05 bits per heavy atom. The van der Waals surface area contributed by atoms with Crippen LogP contribution in [0, 0.1) is 12.8 Å². The number of hydrogen-bond acceptors (Lipinski definition) is 1. The van der Waals surface area contributed by atoms with Gasteiger partial charge in [0, 0.05) is 6.04 Å². The minimum Gasteiger partial charge on any atom is -0.323 e. The monoisotopic (exact) mass is 304 g/mol. The average molecular weight is 305 g/mol. The molecule has 0 amide bonds. The van der Waals surface area contributed by atoms with Crippen LogP contribution in [0.5, 0.6) is 0 Å². The predicted octanol–water partition coefficient (Wildman–Crippen LogP) is 5.79. The number of halogens is 1. The van der Waals surface area contributed by atoms with Crippen molar-refractivity contribution in [3.63, 3.8) is 0 Å². The first-order chi connectivity index (χ1) is 10.1. The van der Waals surface area contributed by atoms with Crippen LogP contribution in [0.3, 0.4) is 0 Å². The zero-order valence-electron chi connectivity index (χ0n) is 13.3. The highest BCUT2D eigenvalue weighted by Gasteiger charge is 2.24. The Labute approximate surface area is 132 Å². The second-order valence-electron chi connectivity index (χ2n) is 6.67. The molecule has 1 aromatic heterocycles. The van der Waals surface area contributed by atoms with Crippen LogP contribution in [0.25, 0.3) is 11.0 Å². The molecule has 3 rings (SSSR count). The van der Waals surface area contributed by atoms with E-state index in [1.165, 1.54) is 43.2 Å². The van der Waals surface area contributed by atoms with Gasteiger partial charge in [0.2, 0.25) is 0 Å². The summed E-state index contributed by atoms with van der Waals surface area (Å²) in [4.78, 5) is 4.83. The Balaban J connectivity index is 2.12. The molecule has 1 aliphatic rings. The molecule has 0 aliphatic heterocycles. The van der Waals surface area contributed by atoms with Crippen molar-refractivity contribution in [3.8, 4) is 0 Å². The van der Waals surface area contributed by atoms with Crippen molar-refractivity contribution in [1.82, 2.24) is 9.55 Å². The first-order valence-corrected chi connectivity index (χ1v) is 8.63. The first-order valence-electron chi connectivity index (χ1n) is 8.19. The summed E-state index contributed by atoms with van der Waals surface area (Å²) >= 11 is 6.44. The van der Waals surface area contributed by atoms with Crippen molar-refractivity contribution in [2.24, 2.45) is 5.92 Å². The van der Waals surface area contributed by atoms with Crippen LogP contribution in [0.4, 0.5) is 0 Å². The molecule has 3 atom stereocenters. The molecule has 0 spiro atoms. The van der Waals surface area contributed by atoms with Gasteiger partial charge in [-0.05, 0) is 50.7 Å². The van der Waals surface area contributed by atoms with Gasteiger partial charge in [-0.3, -0.25) is 0 Å². The van der Waals surface area contributed by atoms with Gasteiger partial charge >= 0.3 is 0 Å². The Hall–Kier alpha value is -1.02. The number of para-hydroxylation sites is 1. The van der Waals surface area contributed by atoms with E-state index in [1.807, 2.05) is 6.92 Å². The first kappa shape index (κ1) is 14.9. The summed E-state index contributed by atoms with van der Waals surface area (Å²) in [7, 11) is 0. The topological polar surface area (TPSA) is 17.8 Å². The van der Waals surface area contributed by atoms with Gasteiger partial charge in [0.15, 0.2) is 0 Å². The molecule has 0 N–H and O–H groups in total. The number of fused-ring (bicyclic) bond motifs is 1. The number of nitrogens with zero attached hydrogens (tertiary/aromatic N) is 2. The number of benzene rings is 1. The largest absolute Gasteiger partial charge is 0.323 e. The molecule has 21 heavy (non-hydrogen) atoms. The third-order valence-corrected chi connectivity index (χ3v) is 5.08. The van der Waals surface area contributed by atoms with E-state index in [1.54, 1.807) is 0 Å². The van der Waals surface area contributed by atoms with Gasteiger partial charge in [-0.25, -0.2) is 4.98 Å². The summed E-state index contributed by atoms with van der Waals surface area (Å²) in [6.45, 7) is 6.60. The quantitative estimate of drug-likeness (QED) is 0.507. The number of alkyl halides is 1. The van der Waals surface area contributed by atoms with Gasteiger partial charge in [-0.2, -0.15) is 0 Å². The molecule has 1 heterocycles. The second kappa shape index (κ2) is 6.00. The number of imidazole rings is 1. The predicted molar refractivity (Wildman–Crippen MR) is 90.0 cm³/mol. The molecular weight excluding hydrogens is 280 g/mol. The third kappa shape index (κ3) is 2.83. The molecule has 0 saturated heterocycles. The van der Waals surface area contributed by atoms with Crippen LogP contribution in [-0.2, 0) is 0 Å². The van der Waals surface area contributed by atoms with Crippen LogP contribution >= 0.6 is 11.6 Å². The standard InChI is InChI=1S/C18H25ClN2/c1-12-6-4-8-15(11-10-12)21-17-13(2)7-5-9-16(17)20-18(21)14(3)19/h5,7,9,12,14-15H,4,6,8,10-11H2,1-3H3. The van der Waals surface area contributed by atoms with Crippen LogP contribution in [0.2, 0.25) is 0 Å². The van der Waals surface area contributed by atoms with E-state index in [0.29, 0.717) is 6.04 Å². The molecule has 2 nitrogen and oxygen atoms in total. The third-order valence-electron chi connectivity index (χ3n) is 4.89. The maximum atomic E-state index is 6.44. The molecule has 1 aliphatic carbocycles. The lowest BCUT2D eigenvalue weighted by molar-refractivity contribution is 0.429. The van der Waals surface area contributed by atoms with Crippen LogP contribution in [0.1, 0.15) is 68.8 Å². The number of rotatable bonds is 2. The Bertz CT molecular complexity index is 629. The van der Waals surface area contributed by atoms with E-state index >= 15 is 0 Å². The molecule has 1 saturated carbocycles. The van der Waals surface area contributed by atoms with Crippen LogP contribution in [-0.4, -0.2) is 9.55 Å². The van der Waals surface area contributed by atoms with Crippen molar-refractivity contribution in [3.05, 3.63) is 29.6 Å². The molecule has 0 bridgehead atoms. The Kier molecular flexibility index (Phi) is 4.26. The zero-order chi connectivity index (χ0) is 15.0. The molecule has 2 aromatic rings. The van der Waals surface area contributed by atoms with E-state index in [-0.39, 0.29) is 5.38 Å². The SMILES string of the molecule is Cc1cccc2nc(C(C)Cl)n(C3CCCC(C)CC3)c12. The minimum absolute atomic E-state index is 0.0440. The van der Waals surface area contributed by atoms with Gasteiger partial charge in [0.05, 0.1) is 16.4 Å². The summed E-state index contributed by atoms with van der Waals surface area (Å²) in [6, 6.07) is 6.94. The summed E-state index contributed by atoms with van der Waals surface area (Å²) < 4.78 is 2.46. The lowest BCUT2D eigenvalue weighted by atomic mass is 10.0. The number of aryl methyl sites for hydroxylation is 1. The molecule has 3 heteroatoms. The van der Waals surface area contributed by atoms with E-state index in [2.05, 4.69) is 36.6 Å². The van der Waals surface area contributed by atoms with Crippen LogP contribution < -0.4 is 0 Å². The van der Waals surface area contributed by atoms with Crippen molar-refractivity contribution >= 4 is 22.6 Å². The van der Waals surface area contributed by atoms with Crippen molar-refractivity contribution < 1.29 is 0 Å². The molecule has 114 valence electrons. The van der Waals surface area contributed by atoms with E-state index in [0.717, 1.165) is 17.3 Å². The maximum absolute atomic E-state index is 6.44. The Morgan fingerprint density at radius 3 is 2.81 bits per heavy atom. The summed E-state index contributed by atoms with van der Waals surface area (Å²) in [5.74, 6) is 1.89. The highest BCUT2D eigenvalue weighted by molar-refractivity contribution is 6.20. The van der Waals surface area contributed by atoms with Crippen LogP contribution in [0.15, 0.2) is 18.2 Å². The zero-order valence-corrected chi connectivity index (χ0v) is 14.0. The minimum atomic E-state index is -0.0440. The van der Waals surface area contributed by atoms with Crippen molar-refractivity contribution in [2.75, 3.05) is 0 Å². The highest BCUT2D eigenvalue weighted by Crippen LogP contribution is 2.36. The van der Waals surface area contributed by atoms with E-state index in [4.69, 9.17) is 16.6 Å². The van der Waals surface area contributed by atoms with Crippen molar-refractivity contribution in [1.29, 1.82) is 0 Å². The van der Waals surface area contributed by atoms with E-state index in [9.17, 15) is 0 Å². The van der Waals surface area contributed by atoms with Gasteiger partial charge in [0.1, 0.15) is 5.82 Å². The number of aromatic nitrogens is 2. The fraction of sp³-hybridized carbons (Fsp3) is 0.611. The fourth-order valence-corrected chi connectivity index (χ4v) is 3.87. The second-order valence-corrected chi connectivity index (χ2v) is 7.32. The van der Waals surface area contributed by atoms with Gasteiger partial charge in [-0.15, -0.1) is 11.6 Å². The maximum Gasteiger partial charge on any atom is 0.127 e. The molecular formula is C18H25ClN2. The molecule has 3 unspecified atom stereocenters. The average Bonchev–Trinajstić information content (AvgIpc) is 2.71. The molecule has 1 aromatic carbocycles. The lowest BCUT2D eigenvalue weighted by Crippen LogP contribution is -2.13. The summed E-state index contributed by atoms with van der Waals surface area (Å²) in [6.07, 6.45) is 6.48.